The number of fused-ring (bicyclic) bond motifs is 14. The van der Waals surface area contributed by atoms with Crippen molar-refractivity contribution in [1.29, 1.82) is 0 Å². The number of benzene rings is 1. The summed E-state index contributed by atoms with van der Waals surface area (Å²) in [4.78, 5) is 86.1. The van der Waals surface area contributed by atoms with Crippen LogP contribution in [-0.4, -0.2) is 101 Å². The molecule has 9 N–H and O–H groups in total. The van der Waals surface area contributed by atoms with E-state index in [1.54, 1.807) is 31.2 Å². The first kappa shape index (κ1) is 43.5. The Hall–Kier alpha value is -4.89. The number of carboxylic acid groups (broad SMARTS) is 1. The molecule has 6 atom stereocenters. The van der Waals surface area contributed by atoms with E-state index in [2.05, 4.69) is 26.3 Å². The van der Waals surface area contributed by atoms with E-state index in [0.717, 1.165) is 12.8 Å². The van der Waals surface area contributed by atoms with Gasteiger partial charge in [-0.15, -0.1) is 0 Å². The Morgan fingerprint density at radius 2 is 1.74 bits per heavy atom. The van der Waals surface area contributed by atoms with Gasteiger partial charge in [0.05, 0.1) is 6.61 Å². The summed E-state index contributed by atoms with van der Waals surface area (Å²) >= 11 is 0. The first-order chi connectivity index (χ1) is 25.7. The van der Waals surface area contributed by atoms with Crippen molar-refractivity contribution in [2.75, 3.05) is 19.7 Å². The molecule has 0 unspecified atom stereocenters. The van der Waals surface area contributed by atoms with Crippen LogP contribution in [0.25, 0.3) is 0 Å². The van der Waals surface area contributed by atoms with E-state index < -0.39 is 59.8 Å². The smallest absolute Gasteiger partial charge is 0.326 e. The van der Waals surface area contributed by atoms with E-state index in [1.807, 2.05) is 20.8 Å². The van der Waals surface area contributed by atoms with E-state index in [4.69, 9.17) is 16.2 Å². The van der Waals surface area contributed by atoms with Gasteiger partial charge in [0.2, 0.25) is 29.5 Å². The van der Waals surface area contributed by atoms with Gasteiger partial charge < -0.3 is 47.5 Å². The highest BCUT2D eigenvalue weighted by Crippen LogP contribution is 2.22. The predicted octanol–water partition coefficient (Wildman–Crippen LogP) is 1.34. The van der Waals surface area contributed by atoms with Crippen LogP contribution in [-0.2, 0) is 35.2 Å². The zero-order chi connectivity index (χ0) is 39.8. The molecule has 3 aliphatic heterocycles. The summed E-state index contributed by atoms with van der Waals surface area (Å²) in [5.41, 5.74) is 11.6. The van der Waals surface area contributed by atoms with Gasteiger partial charge in [0, 0.05) is 25.9 Å². The van der Waals surface area contributed by atoms with Gasteiger partial charge in [-0.3, -0.25) is 29.0 Å². The monoisotopic (exact) mass is 756 g/mol. The van der Waals surface area contributed by atoms with Crippen LogP contribution in [0.2, 0.25) is 0 Å². The lowest BCUT2D eigenvalue weighted by atomic mass is 9.96. The molecule has 1 fully saturated rings. The molecule has 16 heteroatoms. The lowest BCUT2D eigenvalue weighted by molar-refractivity contribution is -0.143. The Morgan fingerprint density at radius 3 is 2.39 bits per heavy atom. The van der Waals surface area contributed by atoms with E-state index in [1.165, 1.54) is 4.90 Å². The molecular formula is C38H60N8O8. The number of aliphatic imine (C=N–C) groups is 1. The summed E-state index contributed by atoms with van der Waals surface area (Å²) in [6.07, 6.45) is 4.59. The Morgan fingerprint density at radius 1 is 1.02 bits per heavy atom. The van der Waals surface area contributed by atoms with Gasteiger partial charge in [-0.25, -0.2) is 4.79 Å². The van der Waals surface area contributed by atoms with Crippen molar-refractivity contribution in [1.82, 2.24) is 26.2 Å². The summed E-state index contributed by atoms with van der Waals surface area (Å²) < 4.78 is 5.88. The SMILES string of the molecule is CC[C@H](C)[C@H](NC(=O)[C@@H]1Cc2ccc(cc2)OCCCCCC(=O)N[C@H](CCCN=C(N)N)C(=O)N2CCC[C@H]2C(=O)N1)C(=O)N[C@@H](CC(C)C)C(=O)O. The van der Waals surface area contributed by atoms with Gasteiger partial charge >= 0.3 is 5.97 Å². The van der Waals surface area contributed by atoms with Crippen LogP contribution in [0.5, 0.6) is 5.75 Å². The largest absolute Gasteiger partial charge is 0.494 e. The Balaban J connectivity index is 1.92. The number of amides is 5. The van der Waals surface area contributed by atoms with Gasteiger partial charge in [0.15, 0.2) is 5.96 Å². The van der Waals surface area contributed by atoms with Crippen LogP contribution in [0.15, 0.2) is 29.3 Å². The molecule has 3 heterocycles. The average molecular weight is 757 g/mol. The zero-order valence-corrected chi connectivity index (χ0v) is 32.1. The summed E-state index contributed by atoms with van der Waals surface area (Å²) in [6, 6.07) is 1.94. The summed E-state index contributed by atoms with van der Waals surface area (Å²) in [6.45, 7) is 8.31. The van der Waals surface area contributed by atoms with Crippen molar-refractivity contribution in [3.8, 4) is 5.75 Å². The highest BCUT2D eigenvalue weighted by Gasteiger charge is 2.39. The number of carbonyl (C=O) groups is 6. The maximum absolute atomic E-state index is 14.1. The van der Waals surface area contributed by atoms with Gasteiger partial charge in [-0.2, -0.15) is 0 Å². The quantitative estimate of drug-likeness (QED) is 0.0865. The van der Waals surface area contributed by atoms with Gasteiger partial charge in [-0.05, 0) is 80.9 Å². The number of nitrogens with one attached hydrogen (secondary N) is 4. The summed E-state index contributed by atoms with van der Waals surface area (Å²) in [5.74, 6) is -3.51. The molecule has 1 aromatic rings. The van der Waals surface area contributed by atoms with Crippen LogP contribution in [0.1, 0.15) is 97.5 Å². The lowest BCUT2D eigenvalue weighted by Gasteiger charge is -2.31. The van der Waals surface area contributed by atoms with Gasteiger partial charge in [-0.1, -0.05) is 46.2 Å². The van der Waals surface area contributed by atoms with Crippen molar-refractivity contribution in [3.05, 3.63) is 29.8 Å². The third-order valence-electron chi connectivity index (χ3n) is 9.85. The number of aliphatic carboxylic acids is 1. The molecule has 3 aliphatic rings. The zero-order valence-electron chi connectivity index (χ0n) is 32.1. The highest BCUT2D eigenvalue weighted by molar-refractivity contribution is 5.96. The maximum atomic E-state index is 14.1. The predicted molar refractivity (Wildman–Crippen MR) is 203 cm³/mol. The van der Waals surface area contributed by atoms with Gasteiger partial charge in [0.25, 0.3) is 0 Å². The molecule has 1 saturated heterocycles. The fraction of sp³-hybridized carbons (Fsp3) is 0.658. The second kappa shape index (κ2) is 21.7. The molecule has 16 nitrogen and oxygen atoms in total. The maximum Gasteiger partial charge on any atom is 0.326 e. The summed E-state index contributed by atoms with van der Waals surface area (Å²) in [7, 11) is 0. The number of rotatable bonds is 13. The molecule has 0 aromatic heterocycles. The minimum absolute atomic E-state index is 0.00511. The number of carboxylic acids is 1. The first-order valence-electron chi connectivity index (χ1n) is 19.2. The van der Waals surface area contributed by atoms with Crippen molar-refractivity contribution < 1.29 is 38.6 Å². The number of carbonyl (C=O) groups excluding carboxylic acids is 5. The van der Waals surface area contributed by atoms with E-state index in [-0.39, 0.29) is 62.5 Å². The van der Waals surface area contributed by atoms with Crippen LogP contribution in [0.3, 0.4) is 0 Å². The van der Waals surface area contributed by atoms with E-state index >= 15 is 0 Å². The van der Waals surface area contributed by atoms with Gasteiger partial charge in [0.1, 0.15) is 36.0 Å². The number of hydrogen-bond acceptors (Lipinski definition) is 8. The Bertz CT molecular complexity index is 1470. The minimum Gasteiger partial charge on any atom is -0.494 e. The molecule has 300 valence electrons. The third kappa shape index (κ3) is 13.8. The number of ether oxygens (including phenoxy) is 1. The Labute approximate surface area is 318 Å². The summed E-state index contributed by atoms with van der Waals surface area (Å²) in [5, 5.41) is 20.9. The molecule has 0 saturated carbocycles. The van der Waals surface area contributed by atoms with Crippen LogP contribution in [0.4, 0.5) is 0 Å². The van der Waals surface area contributed by atoms with Crippen LogP contribution in [0, 0.1) is 11.8 Å². The normalized spacial score (nSPS) is 21.8. The fourth-order valence-electron chi connectivity index (χ4n) is 6.63. The molecule has 0 spiro atoms. The first-order valence-corrected chi connectivity index (χ1v) is 19.2. The minimum atomic E-state index is -1.17. The van der Waals surface area contributed by atoms with Crippen LogP contribution >= 0.6 is 0 Å². The topological polar surface area (TPSA) is 248 Å². The molecule has 2 bridgehead atoms. The second-order valence-electron chi connectivity index (χ2n) is 14.7. The number of hydrogen-bond donors (Lipinski definition) is 7. The van der Waals surface area contributed by atoms with Crippen molar-refractivity contribution >= 4 is 41.5 Å². The molecule has 0 aliphatic carbocycles. The highest BCUT2D eigenvalue weighted by atomic mass is 16.5. The molecule has 54 heavy (non-hydrogen) atoms. The number of nitrogens with two attached hydrogens (primary N) is 2. The standard InChI is InChI=1S/C38H60N8O8/c1-5-24(4)32(35(50)44-29(37(52)53)21-23(2)3)45-33(48)28-22-25-14-16-26(17-15-25)54-20-8-6-7-13-31(47)42-27(11-9-18-41-38(39)40)36(51)46-19-10-12-30(46)34(49)43-28/h14-17,23-24,27-30,32H,5-13,18-22H2,1-4H3,(H,42,47)(H,43,49)(H,44,50)(H,45,48)(H,52,53)(H4,39,40,41)/t24-,27+,28-,29-,30-,32-/m0/s1. The molecule has 4 rings (SSSR count). The van der Waals surface area contributed by atoms with Crippen LogP contribution < -0.4 is 37.5 Å². The van der Waals surface area contributed by atoms with E-state index in [9.17, 15) is 33.9 Å². The van der Waals surface area contributed by atoms with E-state index in [0.29, 0.717) is 50.0 Å². The Kier molecular flexibility index (Phi) is 17.5. The second-order valence-corrected chi connectivity index (χ2v) is 14.7. The number of nitrogens with zero attached hydrogens (tertiary/aromatic N) is 2. The van der Waals surface area contributed by atoms with Crippen molar-refractivity contribution in [3.63, 3.8) is 0 Å². The fourth-order valence-corrected chi connectivity index (χ4v) is 6.63. The number of guanidine groups is 1. The lowest BCUT2D eigenvalue weighted by Crippen LogP contribution is -2.60. The molecule has 5 amide bonds. The molecule has 1 aromatic carbocycles. The van der Waals surface area contributed by atoms with Crippen molar-refractivity contribution in [2.24, 2.45) is 28.3 Å². The average Bonchev–Trinajstić information content (AvgIpc) is 3.62. The third-order valence-corrected chi connectivity index (χ3v) is 9.85. The molecular weight excluding hydrogens is 696 g/mol. The molecule has 0 radical (unpaired) electrons. The van der Waals surface area contributed by atoms with Crippen molar-refractivity contribution in [2.45, 2.75) is 129 Å².